The Morgan fingerprint density at radius 3 is 2.48 bits per heavy atom. The number of nitriles is 1. The van der Waals surface area contributed by atoms with Crippen LogP contribution in [0, 0.1) is 23.0 Å². The fraction of sp³-hybridized carbons (Fsp3) is 0.360. The zero-order valence-electron chi connectivity index (χ0n) is 20.2. The van der Waals surface area contributed by atoms with E-state index in [-0.39, 0.29) is 22.6 Å². The van der Waals surface area contributed by atoms with Crippen LogP contribution in [0.4, 0.5) is 20.2 Å². The van der Waals surface area contributed by atoms with Gasteiger partial charge in [0.25, 0.3) is 0 Å². The normalized spacial score (nSPS) is 14.6. The van der Waals surface area contributed by atoms with Gasteiger partial charge in [-0.15, -0.1) is 0 Å². The van der Waals surface area contributed by atoms with Gasteiger partial charge in [0, 0.05) is 37.3 Å². The minimum absolute atomic E-state index is 0.168. The molecule has 0 fully saturated rings. The van der Waals surface area contributed by atoms with Crippen LogP contribution in [0.3, 0.4) is 0 Å². The number of nitrogens with one attached hydrogen (secondary N) is 2. The first-order valence-electron chi connectivity index (χ1n) is 10.8. The van der Waals surface area contributed by atoms with Gasteiger partial charge in [0.1, 0.15) is 17.6 Å². The van der Waals surface area contributed by atoms with Crippen molar-refractivity contribution in [2.45, 2.75) is 40.5 Å². The van der Waals surface area contributed by atoms with Gasteiger partial charge in [0.15, 0.2) is 5.82 Å². The minimum Gasteiger partial charge on any atom is -0.380 e. The largest absolute Gasteiger partial charge is 0.380 e. The van der Waals surface area contributed by atoms with E-state index >= 15 is 0 Å². The zero-order chi connectivity index (χ0) is 25.0. The highest BCUT2D eigenvalue weighted by Gasteiger charge is 2.20. The van der Waals surface area contributed by atoms with Gasteiger partial charge in [0.2, 0.25) is 0 Å². The summed E-state index contributed by atoms with van der Waals surface area (Å²) in [6.07, 6.45) is 7.06. The Labute approximate surface area is 200 Å². The number of anilines is 2. The molecule has 1 aromatic rings. The minimum atomic E-state index is -0.758. The van der Waals surface area contributed by atoms with E-state index in [1.165, 1.54) is 30.5 Å². The van der Waals surface area contributed by atoms with Crippen LogP contribution in [-0.2, 0) is 0 Å². The molecule has 178 valence electrons. The number of rotatable bonds is 8. The second-order valence-electron chi connectivity index (χ2n) is 7.46. The van der Waals surface area contributed by atoms with Crippen molar-refractivity contribution in [1.82, 2.24) is 4.90 Å². The molecule has 5 nitrogen and oxygen atoms in total. The summed E-state index contributed by atoms with van der Waals surface area (Å²) >= 11 is 1.34. The molecule has 2 rings (SSSR count). The lowest BCUT2D eigenvalue weighted by atomic mass is 9.96. The first kappa shape index (κ1) is 28.0. The van der Waals surface area contributed by atoms with Gasteiger partial charge in [-0.25, -0.2) is 8.78 Å². The molecular formula is C25H33F2N5S. The zero-order valence-corrected chi connectivity index (χ0v) is 21.0. The molecular weight excluding hydrogens is 440 g/mol. The number of benzene rings is 1. The van der Waals surface area contributed by atoms with Crippen LogP contribution in [-0.4, -0.2) is 30.5 Å². The maximum Gasteiger partial charge on any atom is 0.173 e. The second-order valence-corrected chi connectivity index (χ2v) is 8.36. The summed E-state index contributed by atoms with van der Waals surface area (Å²) in [6.45, 7) is 12.1. The van der Waals surface area contributed by atoms with Crippen LogP contribution in [0.25, 0.3) is 0 Å². The lowest BCUT2D eigenvalue weighted by molar-refractivity contribution is 0.512. The van der Waals surface area contributed by atoms with Crippen molar-refractivity contribution in [3.05, 3.63) is 71.2 Å². The number of allylic oxidation sites excluding steroid dienone is 5. The first-order valence-corrected chi connectivity index (χ1v) is 11.8. The first-order chi connectivity index (χ1) is 15.7. The maximum atomic E-state index is 14.8. The number of halogens is 2. The highest BCUT2D eigenvalue weighted by atomic mass is 32.2. The Kier molecular flexibility index (Phi) is 12.0. The molecule has 1 aliphatic rings. The number of hydrogen-bond acceptors (Lipinski definition) is 6. The van der Waals surface area contributed by atoms with Gasteiger partial charge in [-0.1, -0.05) is 45.7 Å². The topological polar surface area (TPSA) is 63.4 Å². The summed E-state index contributed by atoms with van der Waals surface area (Å²) in [5, 5.41) is 12.3. The highest BCUT2D eigenvalue weighted by molar-refractivity contribution is 8.00. The van der Waals surface area contributed by atoms with Crippen LogP contribution in [0.2, 0.25) is 0 Å². The molecule has 33 heavy (non-hydrogen) atoms. The molecule has 0 heterocycles. The van der Waals surface area contributed by atoms with Gasteiger partial charge < -0.3 is 14.9 Å². The Bertz CT molecular complexity index is 1000. The average molecular weight is 474 g/mol. The molecule has 0 spiro atoms. The fourth-order valence-electron chi connectivity index (χ4n) is 2.38. The van der Waals surface area contributed by atoms with Crippen LogP contribution >= 0.6 is 11.9 Å². The van der Waals surface area contributed by atoms with E-state index in [0.717, 1.165) is 17.9 Å². The molecule has 2 N–H and O–H groups in total. The Morgan fingerprint density at radius 2 is 1.91 bits per heavy atom. The van der Waals surface area contributed by atoms with Crippen molar-refractivity contribution < 1.29 is 8.78 Å². The number of nitrogens with zero attached hydrogens (tertiary/aromatic N) is 3. The predicted octanol–water partition coefficient (Wildman–Crippen LogP) is 7.03. The second kappa shape index (κ2) is 14.2. The van der Waals surface area contributed by atoms with Crippen molar-refractivity contribution >= 4 is 29.0 Å². The van der Waals surface area contributed by atoms with Crippen LogP contribution in [0.15, 0.2) is 64.6 Å². The quantitative estimate of drug-likeness (QED) is 0.313. The van der Waals surface area contributed by atoms with Crippen molar-refractivity contribution in [1.29, 1.82) is 5.26 Å². The molecule has 0 saturated carbocycles. The molecule has 0 bridgehead atoms. The SMILES string of the molecule is C=C1C(=N/C=C(\C)N(C)C)C=CC(Nc2c(F)ccc(NSCCC)c2F)=C1C#N.CCC. The molecule has 0 unspecified atom stereocenters. The van der Waals surface area contributed by atoms with Gasteiger partial charge in [-0.2, -0.15) is 5.26 Å². The fourth-order valence-corrected chi connectivity index (χ4v) is 3.00. The Morgan fingerprint density at radius 1 is 1.24 bits per heavy atom. The summed E-state index contributed by atoms with van der Waals surface area (Å²) in [7, 11) is 3.79. The van der Waals surface area contributed by atoms with E-state index in [1.807, 2.05) is 38.9 Å². The smallest absolute Gasteiger partial charge is 0.173 e. The van der Waals surface area contributed by atoms with Gasteiger partial charge in [-0.05, 0) is 37.6 Å². The summed E-state index contributed by atoms with van der Waals surface area (Å²) in [6, 6.07) is 4.57. The molecule has 0 aromatic heterocycles. The monoisotopic (exact) mass is 473 g/mol. The summed E-state index contributed by atoms with van der Waals surface area (Å²) in [5.74, 6) is -0.729. The van der Waals surface area contributed by atoms with Gasteiger partial charge >= 0.3 is 0 Å². The third-order valence-corrected chi connectivity index (χ3v) is 5.31. The van der Waals surface area contributed by atoms with E-state index in [4.69, 9.17) is 0 Å². The van der Waals surface area contributed by atoms with Crippen LogP contribution < -0.4 is 10.0 Å². The van der Waals surface area contributed by atoms with Crippen molar-refractivity contribution in [2.24, 2.45) is 4.99 Å². The third kappa shape index (κ3) is 8.10. The molecule has 0 atom stereocenters. The number of aliphatic imine (C=N–C) groups is 1. The Hall–Kier alpha value is -3.05. The lowest BCUT2D eigenvalue weighted by Crippen LogP contribution is -2.14. The van der Waals surface area contributed by atoms with Gasteiger partial charge in [-0.3, -0.25) is 4.99 Å². The van der Waals surface area contributed by atoms with Crippen molar-refractivity contribution in [3.63, 3.8) is 0 Å². The molecule has 1 aliphatic carbocycles. The molecule has 0 amide bonds. The molecule has 8 heteroatoms. The summed E-state index contributed by atoms with van der Waals surface area (Å²) in [4.78, 5) is 6.27. The Balaban J connectivity index is 0.00000172. The molecule has 0 saturated heterocycles. The standard InChI is InChI=1S/C22H25F2N5S.C3H8/c1-6-11-30-28-20-8-7-17(23)22(21(20)24)27-19-10-9-18(15(3)16(19)12-25)26-13-14(2)29(4)5;1-3-2/h7-10,13,27-28H,3,6,11H2,1-2,4-5H3;3H2,1-2H3/b14-13+,26-18?;. The lowest BCUT2D eigenvalue weighted by Gasteiger charge is -2.18. The van der Waals surface area contributed by atoms with E-state index in [0.29, 0.717) is 11.3 Å². The molecule has 0 radical (unpaired) electrons. The number of hydrogen-bond donors (Lipinski definition) is 2. The van der Waals surface area contributed by atoms with Crippen LogP contribution in [0.1, 0.15) is 40.5 Å². The summed E-state index contributed by atoms with van der Waals surface area (Å²) < 4.78 is 32.1. The average Bonchev–Trinajstić information content (AvgIpc) is 2.78. The maximum absolute atomic E-state index is 14.8. The molecule has 1 aromatic carbocycles. The molecule has 0 aliphatic heterocycles. The van der Waals surface area contributed by atoms with Crippen molar-refractivity contribution in [2.75, 3.05) is 29.9 Å². The van der Waals surface area contributed by atoms with E-state index in [2.05, 4.69) is 35.5 Å². The predicted molar refractivity (Wildman–Crippen MR) is 138 cm³/mol. The van der Waals surface area contributed by atoms with E-state index in [1.54, 1.807) is 18.4 Å². The van der Waals surface area contributed by atoms with E-state index in [9.17, 15) is 14.0 Å². The van der Waals surface area contributed by atoms with Crippen LogP contribution in [0.5, 0.6) is 0 Å². The van der Waals surface area contributed by atoms with Gasteiger partial charge in [0.05, 0.1) is 22.7 Å². The highest BCUT2D eigenvalue weighted by Crippen LogP contribution is 2.31. The summed E-state index contributed by atoms with van der Waals surface area (Å²) in [5.41, 5.74) is 2.06. The van der Waals surface area contributed by atoms with Crippen molar-refractivity contribution in [3.8, 4) is 6.07 Å². The van der Waals surface area contributed by atoms with E-state index < -0.39 is 11.6 Å². The third-order valence-electron chi connectivity index (χ3n) is 4.33.